The Morgan fingerprint density at radius 3 is 2.15 bits per heavy atom. The second-order valence-corrected chi connectivity index (χ2v) is 11.1. The molecular formula is C39H30BIrN4Y-4. The standard InChI is InChI=1S/C24H14N3.C15H16N.B.Ir.Y/c1-2-11-21(12-3-1)27-23-14-5-4-13-22(23)26-24(27)19-9-6-8-18(16-19)20-10-7-15-25-17-20;1-15(2,3)13-9-10-16-14(11-13)12-7-5-4-6-8-12;;;/h1-8,10-15H;4-7,9-11H,1-3H3;;;/q-3;-1;;;. The molecule has 225 valence electrons. The molecule has 0 aliphatic carbocycles. The third-order valence-corrected chi connectivity index (χ3v) is 7.05. The number of imidazole rings is 1. The largest absolute Gasteiger partial charge is 0.374 e. The van der Waals surface area contributed by atoms with E-state index in [9.17, 15) is 0 Å². The van der Waals surface area contributed by atoms with Gasteiger partial charge in [-0.25, -0.2) is 6.07 Å². The van der Waals surface area contributed by atoms with Crippen LogP contribution >= 0.6 is 0 Å². The molecule has 0 fully saturated rings. The van der Waals surface area contributed by atoms with Crippen LogP contribution in [0, 0.1) is 24.4 Å². The summed E-state index contributed by atoms with van der Waals surface area (Å²) in [6.07, 6.45) is 6.60. The molecule has 3 aromatic heterocycles. The molecule has 0 bridgehead atoms. The monoisotopic (exact) mass is 847 g/mol. The van der Waals surface area contributed by atoms with Crippen molar-refractivity contribution in [2.24, 2.45) is 0 Å². The fraction of sp³-hybridized carbons (Fsp3) is 0.103. The molecule has 0 amide bonds. The number of aromatic nitrogens is 4. The van der Waals surface area contributed by atoms with E-state index in [-0.39, 0.29) is 66.6 Å². The van der Waals surface area contributed by atoms with Gasteiger partial charge < -0.3 is 25.6 Å². The minimum atomic E-state index is 0. The maximum absolute atomic E-state index is 4.87. The normalized spacial score (nSPS) is 10.4. The molecule has 0 spiro atoms. The Kier molecular flexibility index (Phi) is 13.5. The van der Waals surface area contributed by atoms with Gasteiger partial charge in [0.2, 0.25) is 0 Å². The average Bonchev–Trinajstić information content (AvgIpc) is 3.46. The third-order valence-electron chi connectivity index (χ3n) is 7.05. The Balaban J connectivity index is 0.000000264. The Labute approximate surface area is 312 Å². The van der Waals surface area contributed by atoms with E-state index in [2.05, 4.69) is 90.0 Å². The summed E-state index contributed by atoms with van der Waals surface area (Å²) in [6.45, 7) is 6.63. The van der Waals surface area contributed by atoms with Gasteiger partial charge in [-0.1, -0.05) is 63.4 Å². The van der Waals surface area contributed by atoms with Crippen LogP contribution in [0.1, 0.15) is 26.3 Å². The van der Waals surface area contributed by atoms with Crippen LogP contribution in [0.5, 0.6) is 0 Å². The molecule has 7 aromatic rings. The maximum Gasteiger partial charge on any atom is 0.0668 e. The average molecular weight is 847 g/mol. The molecule has 5 radical (unpaired) electrons. The first-order chi connectivity index (χ1) is 21.0. The molecule has 0 unspecified atom stereocenters. The number of fused-ring (bicyclic) bond motifs is 1. The number of pyridine rings is 2. The van der Waals surface area contributed by atoms with Crippen molar-refractivity contribution in [1.29, 1.82) is 0 Å². The predicted octanol–water partition coefficient (Wildman–Crippen LogP) is 8.62. The van der Waals surface area contributed by atoms with Crippen molar-refractivity contribution in [3.8, 4) is 39.5 Å². The van der Waals surface area contributed by atoms with Crippen LogP contribution in [-0.4, -0.2) is 27.9 Å². The Hall–Kier alpha value is -3.53. The fourth-order valence-electron chi connectivity index (χ4n) is 4.80. The van der Waals surface area contributed by atoms with E-state index < -0.39 is 0 Å². The second-order valence-electron chi connectivity index (χ2n) is 11.1. The van der Waals surface area contributed by atoms with E-state index in [1.54, 1.807) is 6.20 Å². The molecule has 0 N–H and O–H groups in total. The van der Waals surface area contributed by atoms with E-state index in [1.807, 2.05) is 91.1 Å². The number of hydrogen-bond donors (Lipinski definition) is 0. The number of hydrogen-bond acceptors (Lipinski definition) is 3. The first-order valence-corrected chi connectivity index (χ1v) is 14.2. The molecule has 0 aliphatic heterocycles. The molecule has 0 atom stereocenters. The zero-order valence-electron chi connectivity index (χ0n) is 25.9. The van der Waals surface area contributed by atoms with E-state index in [0.29, 0.717) is 0 Å². The number of benzene rings is 4. The topological polar surface area (TPSA) is 43.6 Å². The minimum Gasteiger partial charge on any atom is -0.374 e. The van der Waals surface area contributed by atoms with Crippen molar-refractivity contribution in [3.05, 3.63) is 158 Å². The SMILES string of the molecule is CC(C)(C)c1ccnc(-c2[c-]cccc2)c1.[B].[Ir].[Y].[c-]1ccc(-c2[c-]nccc2)[c-]c1-c1nc2ccccc2n1-c1ccccc1. The van der Waals surface area contributed by atoms with Gasteiger partial charge in [0.05, 0.1) is 11.0 Å². The zero-order chi connectivity index (χ0) is 29.6. The molecule has 7 rings (SSSR count). The van der Waals surface area contributed by atoms with E-state index >= 15 is 0 Å². The first kappa shape index (κ1) is 36.9. The van der Waals surface area contributed by atoms with Crippen molar-refractivity contribution in [2.75, 3.05) is 0 Å². The smallest absolute Gasteiger partial charge is 0.0668 e. The fourth-order valence-corrected chi connectivity index (χ4v) is 4.80. The molecule has 46 heavy (non-hydrogen) atoms. The zero-order valence-corrected chi connectivity index (χ0v) is 31.1. The summed E-state index contributed by atoms with van der Waals surface area (Å²) < 4.78 is 2.15. The van der Waals surface area contributed by atoms with Gasteiger partial charge in [0, 0.05) is 73.1 Å². The van der Waals surface area contributed by atoms with E-state index in [1.165, 1.54) is 5.56 Å². The van der Waals surface area contributed by atoms with Gasteiger partial charge in [-0.05, 0) is 59.0 Å². The molecule has 0 aliphatic rings. The van der Waals surface area contributed by atoms with Gasteiger partial charge in [-0.2, -0.15) is 5.56 Å². The third kappa shape index (κ3) is 8.63. The summed E-state index contributed by atoms with van der Waals surface area (Å²) in [7, 11) is 0. The summed E-state index contributed by atoms with van der Waals surface area (Å²) in [5.41, 5.74) is 9.18. The van der Waals surface area contributed by atoms with Crippen LogP contribution in [-0.2, 0) is 58.2 Å². The summed E-state index contributed by atoms with van der Waals surface area (Å²) in [6, 6.07) is 48.2. The van der Waals surface area contributed by atoms with E-state index in [4.69, 9.17) is 4.98 Å². The molecule has 4 aromatic carbocycles. The van der Waals surface area contributed by atoms with Gasteiger partial charge >= 0.3 is 0 Å². The molecule has 4 nitrogen and oxygen atoms in total. The quantitative estimate of drug-likeness (QED) is 0.132. The number of para-hydroxylation sites is 3. The Morgan fingerprint density at radius 1 is 0.696 bits per heavy atom. The van der Waals surface area contributed by atoms with Gasteiger partial charge in [0.25, 0.3) is 0 Å². The van der Waals surface area contributed by atoms with Crippen LogP contribution in [0.25, 0.3) is 50.5 Å². The Bertz CT molecular complexity index is 1960. The van der Waals surface area contributed by atoms with Crippen molar-refractivity contribution in [2.45, 2.75) is 26.2 Å². The Morgan fingerprint density at radius 2 is 1.43 bits per heavy atom. The van der Waals surface area contributed by atoms with Crippen LogP contribution < -0.4 is 0 Å². The van der Waals surface area contributed by atoms with Gasteiger partial charge in [0.1, 0.15) is 0 Å². The van der Waals surface area contributed by atoms with Crippen molar-refractivity contribution >= 4 is 19.4 Å². The summed E-state index contributed by atoms with van der Waals surface area (Å²) in [5, 5.41) is 0. The summed E-state index contributed by atoms with van der Waals surface area (Å²) in [4.78, 5) is 13.3. The van der Waals surface area contributed by atoms with Crippen molar-refractivity contribution in [3.63, 3.8) is 0 Å². The molecular weight excluding hydrogens is 816 g/mol. The molecule has 7 heteroatoms. The van der Waals surface area contributed by atoms with E-state index in [0.717, 1.165) is 50.5 Å². The van der Waals surface area contributed by atoms with Gasteiger partial charge in [-0.3, -0.25) is 23.3 Å². The molecule has 3 heterocycles. The summed E-state index contributed by atoms with van der Waals surface area (Å²) >= 11 is 0. The van der Waals surface area contributed by atoms with Crippen molar-refractivity contribution in [1.82, 2.24) is 19.5 Å². The molecule has 0 saturated carbocycles. The second kappa shape index (κ2) is 16.9. The summed E-state index contributed by atoms with van der Waals surface area (Å²) in [5.74, 6) is 0.813. The first-order valence-electron chi connectivity index (χ1n) is 14.2. The van der Waals surface area contributed by atoms with Crippen LogP contribution in [0.15, 0.2) is 128 Å². The number of rotatable bonds is 4. The van der Waals surface area contributed by atoms with Gasteiger partial charge in [0.15, 0.2) is 0 Å². The molecule has 0 saturated heterocycles. The van der Waals surface area contributed by atoms with Crippen LogP contribution in [0.4, 0.5) is 0 Å². The van der Waals surface area contributed by atoms with Gasteiger partial charge in [-0.15, -0.1) is 48.0 Å². The number of nitrogens with zero attached hydrogens (tertiary/aromatic N) is 4. The van der Waals surface area contributed by atoms with Crippen LogP contribution in [0.3, 0.4) is 0 Å². The predicted molar refractivity (Wildman–Crippen MR) is 179 cm³/mol. The maximum atomic E-state index is 4.87. The van der Waals surface area contributed by atoms with Crippen LogP contribution in [0.2, 0.25) is 0 Å². The minimum absolute atomic E-state index is 0. The van der Waals surface area contributed by atoms with Crippen molar-refractivity contribution < 1.29 is 52.8 Å².